The van der Waals surface area contributed by atoms with E-state index in [4.69, 9.17) is 0 Å². The van der Waals surface area contributed by atoms with Gasteiger partial charge in [0.05, 0.1) is 28.6 Å². The Morgan fingerprint density at radius 2 is 1.71 bits per heavy atom. The lowest BCUT2D eigenvalue weighted by atomic mass is 9.97. The van der Waals surface area contributed by atoms with Crippen LogP contribution in [0.25, 0.3) is 0 Å². The van der Waals surface area contributed by atoms with Crippen molar-refractivity contribution in [1.29, 1.82) is 0 Å². The Bertz CT molecular complexity index is 2010. The fourth-order valence-electron chi connectivity index (χ4n) is 7.70. The van der Waals surface area contributed by atoms with Crippen molar-refractivity contribution in [2.45, 2.75) is 76.3 Å². The molecular weight excluding hydrogens is 667 g/mol. The molecule has 3 aromatic rings. The van der Waals surface area contributed by atoms with Gasteiger partial charge in [-0.1, -0.05) is 0 Å². The highest BCUT2D eigenvalue weighted by Gasteiger charge is 2.45. The van der Waals surface area contributed by atoms with Gasteiger partial charge in [-0.15, -0.1) is 0 Å². The van der Waals surface area contributed by atoms with Crippen LogP contribution in [-0.2, 0) is 39.2 Å². The van der Waals surface area contributed by atoms with Crippen molar-refractivity contribution in [2.75, 3.05) is 29.9 Å². The number of nitrogens with one attached hydrogen (secondary N) is 2. The number of hydrogen-bond donors (Lipinski definition) is 2. The molecule has 266 valence electrons. The number of anilines is 2. The van der Waals surface area contributed by atoms with Crippen LogP contribution in [0.5, 0.6) is 0 Å². The number of carbonyl (C=O) groups is 5. The first-order chi connectivity index (χ1) is 24.2. The monoisotopic (exact) mass is 703 g/mol. The SMILES string of the molecule is CC(C)(C(=O)Nc1ccc(C(F)(F)F)cc1C1CC1)n1ncc2c1CN(CC1CN(c3ccc4c(c3)C(=O)N(C3CCC(=O)NC3=O)C4=O)C1)C2. The highest BCUT2D eigenvalue weighted by atomic mass is 19.4. The van der Waals surface area contributed by atoms with Crippen LogP contribution in [0.3, 0.4) is 0 Å². The number of fused-ring (bicyclic) bond motifs is 2. The minimum Gasteiger partial charge on any atom is -0.371 e. The molecule has 2 aromatic carbocycles. The van der Waals surface area contributed by atoms with Crippen molar-refractivity contribution in [2.24, 2.45) is 5.92 Å². The number of carbonyl (C=O) groups excluding carboxylic acids is 5. The van der Waals surface area contributed by atoms with E-state index in [0.717, 1.165) is 66.5 Å². The summed E-state index contributed by atoms with van der Waals surface area (Å²) in [5.41, 5.74) is 2.31. The molecular formula is C36H36F3N7O5. The summed E-state index contributed by atoms with van der Waals surface area (Å²) < 4.78 is 41.9. The van der Waals surface area contributed by atoms with Crippen molar-refractivity contribution < 1.29 is 37.1 Å². The van der Waals surface area contributed by atoms with Crippen molar-refractivity contribution in [3.05, 3.63) is 76.1 Å². The number of amides is 5. The topological polar surface area (TPSA) is 137 Å². The smallest absolute Gasteiger partial charge is 0.371 e. The number of alkyl halides is 3. The van der Waals surface area contributed by atoms with E-state index in [1.54, 1.807) is 42.9 Å². The zero-order valence-electron chi connectivity index (χ0n) is 28.0. The quantitative estimate of drug-likeness (QED) is 0.336. The number of imide groups is 2. The Hall–Kier alpha value is -5.05. The van der Waals surface area contributed by atoms with Crippen molar-refractivity contribution in [3.8, 4) is 0 Å². The van der Waals surface area contributed by atoms with Gasteiger partial charge in [0, 0.05) is 62.0 Å². The molecule has 2 N–H and O–H groups in total. The van der Waals surface area contributed by atoms with E-state index in [0.29, 0.717) is 30.3 Å². The minimum absolute atomic E-state index is 0.000364. The van der Waals surface area contributed by atoms with Crippen molar-refractivity contribution >= 4 is 40.9 Å². The fourth-order valence-corrected chi connectivity index (χ4v) is 7.70. The lowest BCUT2D eigenvalue weighted by molar-refractivity contribution is -0.138. The van der Waals surface area contributed by atoms with Crippen LogP contribution in [0.1, 0.15) is 88.5 Å². The third-order valence-corrected chi connectivity index (χ3v) is 10.7. The van der Waals surface area contributed by atoms with Gasteiger partial charge in [0.25, 0.3) is 17.7 Å². The van der Waals surface area contributed by atoms with Gasteiger partial charge in [-0.3, -0.25) is 43.8 Å². The Kier molecular flexibility index (Phi) is 7.63. The van der Waals surface area contributed by atoms with Gasteiger partial charge in [0.1, 0.15) is 11.6 Å². The number of hydrogen-bond acceptors (Lipinski definition) is 8. The van der Waals surface area contributed by atoms with Crippen LogP contribution in [0.2, 0.25) is 0 Å². The molecule has 3 fully saturated rings. The van der Waals surface area contributed by atoms with E-state index in [2.05, 4.69) is 25.5 Å². The maximum atomic E-state index is 13.6. The first-order valence-electron chi connectivity index (χ1n) is 17.1. The second-order valence-electron chi connectivity index (χ2n) is 14.7. The van der Waals surface area contributed by atoms with Crippen LogP contribution in [0, 0.1) is 5.92 Å². The Labute approximate surface area is 290 Å². The van der Waals surface area contributed by atoms with E-state index < -0.39 is 46.9 Å². The first kappa shape index (κ1) is 33.1. The molecule has 8 rings (SSSR count). The highest BCUT2D eigenvalue weighted by Crippen LogP contribution is 2.46. The third kappa shape index (κ3) is 5.76. The standard InChI is InChI=1S/C36H36F3N7O5/c1-35(2,34(51)41-27-8-5-22(36(37,38)39)11-25(27)20-3-4-20)46-29-18-43(17-21(29)13-40-46)14-19-15-44(16-19)23-6-7-24-26(12-23)33(50)45(32(24)49)28-9-10-30(47)42-31(28)48/h5-8,11-13,19-20,28H,3-4,9-10,14-18H2,1-2H3,(H,41,51)(H,42,47,48). The molecule has 0 bridgehead atoms. The molecule has 15 heteroatoms. The number of halogens is 3. The Morgan fingerprint density at radius 3 is 2.41 bits per heavy atom. The molecule has 51 heavy (non-hydrogen) atoms. The van der Waals surface area contributed by atoms with E-state index in [1.807, 2.05) is 0 Å². The van der Waals surface area contributed by atoms with E-state index in [9.17, 15) is 37.1 Å². The van der Waals surface area contributed by atoms with Gasteiger partial charge < -0.3 is 10.2 Å². The Balaban J connectivity index is 0.886. The summed E-state index contributed by atoms with van der Waals surface area (Å²) >= 11 is 0. The molecule has 1 saturated carbocycles. The van der Waals surface area contributed by atoms with E-state index in [-0.39, 0.29) is 35.8 Å². The summed E-state index contributed by atoms with van der Waals surface area (Å²) in [5, 5.41) is 9.66. The maximum absolute atomic E-state index is 13.6. The maximum Gasteiger partial charge on any atom is 0.416 e. The summed E-state index contributed by atoms with van der Waals surface area (Å²) in [5.74, 6) is -2.16. The molecule has 1 aliphatic carbocycles. The zero-order chi connectivity index (χ0) is 36.0. The van der Waals surface area contributed by atoms with Gasteiger partial charge in [-0.05, 0) is 81.0 Å². The molecule has 5 amide bonds. The minimum atomic E-state index is -4.46. The summed E-state index contributed by atoms with van der Waals surface area (Å²) in [7, 11) is 0. The molecule has 1 unspecified atom stereocenters. The second-order valence-corrected chi connectivity index (χ2v) is 14.7. The van der Waals surface area contributed by atoms with Crippen LogP contribution in [-0.4, -0.2) is 74.8 Å². The van der Waals surface area contributed by atoms with Gasteiger partial charge in [0.15, 0.2) is 0 Å². The first-order valence-corrected chi connectivity index (χ1v) is 17.1. The van der Waals surface area contributed by atoms with E-state index >= 15 is 0 Å². The fraction of sp³-hybridized carbons (Fsp3) is 0.444. The average molecular weight is 704 g/mol. The van der Waals surface area contributed by atoms with Crippen LogP contribution in [0.4, 0.5) is 24.5 Å². The molecule has 5 aliphatic rings. The number of rotatable bonds is 8. The summed E-state index contributed by atoms with van der Waals surface area (Å²) in [6.07, 6.45) is -0.958. The summed E-state index contributed by atoms with van der Waals surface area (Å²) in [4.78, 5) is 69.3. The molecule has 0 spiro atoms. The molecule has 5 heterocycles. The number of piperidine rings is 1. The van der Waals surface area contributed by atoms with Crippen LogP contribution < -0.4 is 15.5 Å². The largest absolute Gasteiger partial charge is 0.416 e. The number of nitrogens with zero attached hydrogens (tertiary/aromatic N) is 5. The van der Waals surface area contributed by atoms with E-state index in [1.165, 1.54) is 6.07 Å². The molecule has 12 nitrogen and oxygen atoms in total. The molecule has 2 saturated heterocycles. The van der Waals surface area contributed by atoms with Gasteiger partial charge >= 0.3 is 6.18 Å². The number of aromatic nitrogens is 2. The number of benzene rings is 2. The molecule has 1 aromatic heterocycles. The Morgan fingerprint density at radius 1 is 0.961 bits per heavy atom. The summed E-state index contributed by atoms with van der Waals surface area (Å²) in [6, 6.07) is 7.61. The van der Waals surface area contributed by atoms with Gasteiger partial charge in [0.2, 0.25) is 11.8 Å². The molecule has 4 aliphatic heterocycles. The third-order valence-electron chi connectivity index (χ3n) is 10.7. The van der Waals surface area contributed by atoms with Gasteiger partial charge in [-0.25, -0.2) is 0 Å². The highest BCUT2D eigenvalue weighted by molar-refractivity contribution is 6.23. The van der Waals surface area contributed by atoms with Crippen LogP contribution in [0.15, 0.2) is 42.6 Å². The predicted molar refractivity (Wildman–Crippen MR) is 177 cm³/mol. The lowest BCUT2D eigenvalue weighted by Crippen LogP contribution is -2.54. The lowest BCUT2D eigenvalue weighted by Gasteiger charge is -2.42. The van der Waals surface area contributed by atoms with Crippen molar-refractivity contribution in [1.82, 2.24) is 24.9 Å². The van der Waals surface area contributed by atoms with Crippen LogP contribution >= 0.6 is 0 Å². The normalized spacial score (nSPS) is 21.2. The molecule has 1 atom stereocenters. The average Bonchev–Trinajstić information content (AvgIpc) is 3.64. The second kappa shape index (κ2) is 11.8. The van der Waals surface area contributed by atoms with Crippen molar-refractivity contribution in [3.63, 3.8) is 0 Å². The van der Waals surface area contributed by atoms with Gasteiger partial charge in [-0.2, -0.15) is 18.3 Å². The molecule has 0 radical (unpaired) electrons. The summed E-state index contributed by atoms with van der Waals surface area (Å²) in [6.45, 7) is 7.02. The predicted octanol–water partition coefficient (Wildman–Crippen LogP) is 4.01. The zero-order valence-corrected chi connectivity index (χ0v) is 28.0.